The van der Waals surface area contributed by atoms with E-state index in [0.29, 0.717) is 43.6 Å². The van der Waals surface area contributed by atoms with E-state index in [-0.39, 0.29) is 17.4 Å². The molecule has 2 aromatic carbocycles. The summed E-state index contributed by atoms with van der Waals surface area (Å²) in [6, 6.07) is 11.2. The molecular weight excluding hydrogens is 386 g/mol. The van der Waals surface area contributed by atoms with Gasteiger partial charge in [0.25, 0.3) is 5.91 Å². The number of carbonyl (C=O) groups is 1. The minimum atomic E-state index is -4.42. The average molecular weight is 405 g/mol. The van der Waals surface area contributed by atoms with Gasteiger partial charge in [-0.1, -0.05) is 12.1 Å². The van der Waals surface area contributed by atoms with E-state index in [1.165, 1.54) is 24.3 Å². The second kappa shape index (κ2) is 7.51. The van der Waals surface area contributed by atoms with Crippen molar-refractivity contribution in [3.8, 4) is 0 Å². The average Bonchev–Trinajstić information content (AvgIpc) is 3.12. The van der Waals surface area contributed by atoms with Crippen molar-refractivity contribution in [2.45, 2.75) is 12.7 Å². The van der Waals surface area contributed by atoms with Crippen molar-refractivity contribution in [1.82, 2.24) is 14.8 Å². The van der Waals surface area contributed by atoms with Gasteiger partial charge in [-0.05, 0) is 42.0 Å². The summed E-state index contributed by atoms with van der Waals surface area (Å²) in [5, 5.41) is 0.359. The fourth-order valence-corrected chi connectivity index (χ4v) is 3.55. The van der Waals surface area contributed by atoms with Crippen molar-refractivity contribution in [2.75, 3.05) is 26.2 Å². The molecule has 1 aliphatic heterocycles. The van der Waals surface area contributed by atoms with E-state index in [4.69, 9.17) is 0 Å². The Kier molecular flexibility index (Phi) is 5.04. The zero-order valence-electron chi connectivity index (χ0n) is 15.5. The maximum atomic E-state index is 13.0. The molecule has 1 fully saturated rings. The number of alkyl halides is 3. The SMILES string of the molecule is O=C(c1cc2cc(C(F)(F)F)ccc2[nH]1)N1CCN(Cc2ccc(F)cc2)CC1. The summed E-state index contributed by atoms with van der Waals surface area (Å²) in [7, 11) is 0. The quantitative estimate of drug-likeness (QED) is 0.661. The molecule has 0 atom stereocenters. The maximum absolute atomic E-state index is 13.0. The molecule has 4 rings (SSSR count). The summed E-state index contributed by atoms with van der Waals surface area (Å²) >= 11 is 0. The molecule has 4 nitrogen and oxygen atoms in total. The smallest absolute Gasteiger partial charge is 0.351 e. The van der Waals surface area contributed by atoms with Gasteiger partial charge in [0.05, 0.1) is 5.56 Å². The van der Waals surface area contributed by atoms with Crippen LogP contribution in [-0.4, -0.2) is 46.9 Å². The summed E-state index contributed by atoms with van der Waals surface area (Å²) in [6.07, 6.45) is -4.42. The monoisotopic (exact) mass is 405 g/mol. The van der Waals surface area contributed by atoms with E-state index in [1.807, 2.05) is 0 Å². The Morgan fingerprint density at radius 3 is 2.31 bits per heavy atom. The van der Waals surface area contributed by atoms with Crippen LogP contribution in [-0.2, 0) is 12.7 Å². The van der Waals surface area contributed by atoms with Crippen LogP contribution in [0.3, 0.4) is 0 Å². The van der Waals surface area contributed by atoms with Crippen molar-refractivity contribution in [3.63, 3.8) is 0 Å². The first-order valence-corrected chi connectivity index (χ1v) is 9.26. The van der Waals surface area contributed by atoms with Gasteiger partial charge in [0.1, 0.15) is 11.5 Å². The molecule has 1 saturated heterocycles. The first-order chi connectivity index (χ1) is 13.8. The third kappa shape index (κ3) is 4.27. The van der Waals surface area contributed by atoms with E-state index in [0.717, 1.165) is 17.7 Å². The van der Waals surface area contributed by atoms with Gasteiger partial charge in [0.2, 0.25) is 0 Å². The number of rotatable bonds is 3. The van der Waals surface area contributed by atoms with Gasteiger partial charge in [-0.15, -0.1) is 0 Å². The predicted octanol–water partition coefficient (Wildman–Crippen LogP) is 4.28. The number of H-pyrrole nitrogens is 1. The van der Waals surface area contributed by atoms with E-state index in [1.54, 1.807) is 17.0 Å². The first-order valence-electron chi connectivity index (χ1n) is 9.26. The van der Waals surface area contributed by atoms with Crippen LogP contribution in [0.25, 0.3) is 10.9 Å². The highest BCUT2D eigenvalue weighted by atomic mass is 19.4. The van der Waals surface area contributed by atoms with Crippen LogP contribution in [0.5, 0.6) is 0 Å². The number of benzene rings is 2. The summed E-state index contributed by atoms with van der Waals surface area (Å²) in [5.41, 5.74) is 1.04. The van der Waals surface area contributed by atoms with Crippen molar-refractivity contribution in [3.05, 3.63) is 71.2 Å². The highest BCUT2D eigenvalue weighted by Gasteiger charge is 2.31. The van der Waals surface area contributed by atoms with Crippen LogP contribution < -0.4 is 0 Å². The summed E-state index contributed by atoms with van der Waals surface area (Å²) < 4.78 is 51.6. The summed E-state index contributed by atoms with van der Waals surface area (Å²) in [6.45, 7) is 3.05. The topological polar surface area (TPSA) is 39.3 Å². The number of carbonyl (C=O) groups excluding carboxylic acids is 1. The Hall–Kier alpha value is -2.87. The number of nitrogens with zero attached hydrogens (tertiary/aromatic N) is 2. The second-order valence-electron chi connectivity index (χ2n) is 7.18. The minimum absolute atomic E-state index is 0.226. The van der Waals surface area contributed by atoms with Gasteiger partial charge in [-0.3, -0.25) is 9.69 Å². The molecule has 2 heterocycles. The molecule has 8 heteroatoms. The van der Waals surface area contributed by atoms with E-state index in [2.05, 4.69) is 9.88 Å². The predicted molar refractivity (Wildman–Crippen MR) is 101 cm³/mol. The van der Waals surface area contributed by atoms with Crippen molar-refractivity contribution in [2.24, 2.45) is 0 Å². The summed E-state index contributed by atoms with van der Waals surface area (Å²) in [4.78, 5) is 19.6. The zero-order chi connectivity index (χ0) is 20.6. The van der Waals surface area contributed by atoms with Crippen LogP contribution in [0.1, 0.15) is 21.6 Å². The Bertz CT molecular complexity index is 1020. The van der Waals surface area contributed by atoms with Gasteiger partial charge >= 0.3 is 6.18 Å². The largest absolute Gasteiger partial charge is 0.416 e. The fraction of sp³-hybridized carbons (Fsp3) is 0.286. The molecular formula is C21H19F4N3O. The molecule has 1 aromatic heterocycles. The lowest BCUT2D eigenvalue weighted by molar-refractivity contribution is -0.137. The molecule has 3 aromatic rings. The van der Waals surface area contributed by atoms with Crippen molar-refractivity contribution >= 4 is 16.8 Å². The zero-order valence-corrected chi connectivity index (χ0v) is 15.5. The lowest BCUT2D eigenvalue weighted by atomic mass is 10.1. The third-order valence-electron chi connectivity index (χ3n) is 5.16. The normalized spacial score (nSPS) is 15.8. The Balaban J connectivity index is 1.41. The van der Waals surface area contributed by atoms with Crippen molar-refractivity contribution < 1.29 is 22.4 Å². The minimum Gasteiger partial charge on any atom is -0.351 e. The molecule has 0 bridgehead atoms. The molecule has 0 unspecified atom stereocenters. The molecule has 1 aliphatic rings. The molecule has 0 radical (unpaired) electrons. The van der Waals surface area contributed by atoms with Gasteiger partial charge in [-0.2, -0.15) is 13.2 Å². The van der Waals surface area contributed by atoms with Gasteiger partial charge in [-0.25, -0.2) is 4.39 Å². The van der Waals surface area contributed by atoms with Gasteiger partial charge in [0, 0.05) is 43.6 Å². The summed E-state index contributed by atoms with van der Waals surface area (Å²) in [5.74, 6) is -0.499. The Morgan fingerprint density at radius 1 is 0.966 bits per heavy atom. The molecule has 152 valence electrons. The number of aromatic nitrogens is 1. The second-order valence-corrected chi connectivity index (χ2v) is 7.18. The number of hydrogen-bond acceptors (Lipinski definition) is 2. The molecule has 1 amide bonds. The van der Waals surface area contributed by atoms with E-state index in [9.17, 15) is 22.4 Å². The van der Waals surface area contributed by atoms with Crippen LogP contribution >= 0.6 is 0 Å². The Labute approximate surface area is 164 Å². The fourth-order valence-electron chi connectivity index (χ4n) is 3.55. The third-order valence-corrected chi connectivity index (χ3v) is 5.16. The molecule has 1 N–H and O–H groups in total. The number of halogens is 4. The van der Waals surface area contributed by atoms with Gasteiger partial charge in [0.15, 0.2) is 0 Å². The highest BCUT2D eigenvalue weighted by molar-refractivity contribution is 5.98. The first kappa shape index (κ1) is 19.4. The Morgan fingerprint density at radius 2 is 1.66 bits per heavy atom. The molecule has 0 aliphatic carbocycles. The van der Waals surface area contributed by atoms with Crippen LogP contribution in [0, 0.1) is 5.82 Å². The number of hydrogen-bond donors (Lipinski definition) is 1. The maximum Gasteiger partial charge on any atom is 0.416 e. The van der Waals surface area contributed by atoms with E-state index < -0.39 is 11.7 Å². The lowest BCUT2D eigenvalue weighted by Gasteiger charge is -2.34. The highest BCUT2D eigenvalue weighted by Crippen LogP contribution is 2.31. The number of nitrogens with one attached hydrogen (secondary N) is 1. The van der Waals surface area contributed by atoms with Gasteiger partial charge < -0.3 is 9.88 Å². The number of piperazine rings is 1. The molecule has 0 saturated carbocycles. The van der Waals surface area contributed by atoms with Crippen LogP contribution in [0.15, 0.2) is 48.5 Å². The van der Waals surface area contributed by atoms with E-state index >= 15 is 0 Å². The number of fused-ring (bicyclic) bond motifs is 1. The van der Waals surface area contributed by atoms with Crippen molar-refractivity contribution in [1.29, 1.82) is 0 Å². The molecule has 0 spiro atoms. The number of amides is 1. The standard InChI is InChI=1S/C21H19F4N3O/c22-17-4-1-14(2-5-17)13-27-7-9-28(10-8-27)20(29)19-12-15-11-16(21(23,24)25)3-6-18(15)26-19/h1-6,11-12,26H,7-10,13H2. The van der Waals surface area contributed by atoms with Crippen LogP contribution in [0.4, 0.5) is 17.6 Å². The number of aromatic amines is 1. The van der Waals surface area contributed by atoms with Crippen LogP contribution in [0.2, 0.25) is 0 Å². The lowest BCUT2D eigenvalue weighted by Crippen LogP contribution is -2.48. The molecule has 29 heavy (non-hydrogen) atoms.